The number of benzene rings is 1. The van der Waals surface area contributed by atoms with Crippen molar-refractivity contribution in [2.75, 3.05) is 13.1 Å². The molecule has 0 bridgehead atoms. The summed E-state index contributed by atoms with van der Waals surface area (Å²) >= 11 is 0. The molecule has 1 aliphatic heterocycles. The molecule has 0 spiro atoms. The maximum absolute atomic E-state index is 12.2. The molecule has 1 heterocycles. The van der Waals surface area contributed by atoms with Gasteiger partial charge in [0.2, 0.25) is 0 Å². The predicted molar refractivity (Wildman–Crippen MR) is 92.0 cm³/mol. The fraction of sp³-hybridized carbons (Fsp3) is 0.556. The van der Waals surface area contributed by atoms with E-state index in [0.717, 1.165) is 5.56 Å². The van der Waals surface area contributed by atoms with E-state index in [1.807, 2.05) is 30.3 Å². The lowest BCUT2D eigenvalue weighted by Gasteiger charge is -2.36. The topological polar surface area (TPSA) is 88.1 Å². The Morgan fingerprint density at radius 2 is 1.96 bits per heavy atom. The number of piperidine rings is 1. The summed E-state index contributed by atoms with van der Waals surface area (Å²) in [5.74, 6) is 0. The Morgan fingerprint density at radius 3 is 2.60 bits per heavy atom. The van der Waals surface area contributed by atoms with Gasteiger partial charge in [-0.25, -0.2) is 9.59 Å². The van der Waals surface area contributed by atoms with E-state index in [2.05, 4.69) is 5.32 Å². The van der Waals surface area contributed by atoms with Gasteiger partial charge in [-0.2, -0.15) is 0 Å². The second-order valence-corrected chi connectivity index (χ2v) is 7.09. The molecule has 0 saturated carbocycles. The third-order valence-corrected chi connectivity index (χ3v) is 3.74. The molecule has 2 rings (SSSR count). The van der Waals surface area contributed by atoms with E-state index in [-0.39, 0.29) is 13.2 Å². The van der Waals surface area contributed by atoms with Gasteiger partial charge >= 0.3 is 12.2 Å². The van der Waals surface area contributed by atoms with Crippen LogP contribution in [0.4, 0.5) is 9.59 Å². The minimum Gasteiger partial charge on any atom is -0.445 e. The van der Waals surface area contributed by atoms with Gasteiger partial charge in [0.05, 0.1) is 12.1 Å². The van der Waals surface area contributed by atoms with E-state index in [4.69, 9.17) is 9.47 Å². The number of alkyl carbamates (subject to hydrolysis) is 1. The van der Waals surface area contributed by atoms with Crippen LogP contribution < -0.4 is 5.32 Å². The molecule has 7 heteroatoms. The fourth-order valence-electron chi connectivity index (χ4n) is 2.52. The van der Waals surface area contributed by atoms with Crippen molar-refractivity contribution in [1.29, 1.82) is 0 Å². The van der Waals surface area contributed by atoms with Crippen molar-refractivity contribution in [1.82, 2.24) is 10.2 Å². The summed E-state index contributed by atoms with van der Waals surface area (Å²) < 4.78 is 10.5. The van der Waals surface area contributed by atoms with Crippen LogP contribution in [0.25, 0.3) is 0 Å². The van der Waals surface area contributed by atoms with E-state index in [1.54, 1.807) is 20.8 Å². The Balaban J connectivity index is 1.86. The molecule has 0 unspecified atom stereocenters. The van der Waals surface area contributed by atoms with Crippen LogP contribution in [-0.4, -0.2) is 53.0 Å². The van der Waals surface area contributed by atoms with E-state index >= 15 is 0 Å². The van der Waals surface area contributed by atoms with Crippen LogP contribution in [-0.2, 0) is 16.1 Å². The van der Waals surface area contributed by atoms with Crippen molar-refractivity contribution in [3.8, 4) is 0 Å². The third kappa shape index (κ3) is 6.26. The summed E-state index contributed by atoms with van der Waals surface area (Å²) in [4.78, 5) is 25.6. The zero-order chi connectivity index (χ0) is 18.4. The van der Waals surface area contributed by atoms with E-state index < -0.39 is 29.9 Å². The first-order chi connectivity index (χ1) is 11.7. The Bertz CT molecular complexity index is 585. The Morgan fingerprint density at radius 1 is 1.28 bits per heavy atom. The third-order valence-electron chi connectivity index (χ3n) is 3.74. The second kappa shape index (κ2) is 8.20. The normalized spacial score (nSPS) is 20.7. The highest BCUT2D eigenvalue weighted by Gasteiger charge is 2.33. The average molecular weight is 350 g/mol. The molecule has 1 saturated heterocycles. The summed E-state index contributed by atoms with van der Waals surface area (Å²) in [5, 5.41) is 12.7. The zero-order valence-electron chi connectivity index (χ0n) is 14.9. The largest absolute Gasteiger partial charge is 0.445 e. The molecule has 0 radical (unpaired) electrons. The molecule has 0 aromatic heterocycles. The standard InChI is InChI=1S/C18H26N2O5/c1-18(2,3)25-16(22)19-14-11-20(10-9-15(14)21)17(23)24-12-13-7-5-4-6-8-13/h4-8,14-15,21H,9-12H2,1-3H3,(H,19,22)/t14-,15+/m0/s1. The van der Waals surface area contributed by atoms with Crippen LogP contribution in [0.1, 0.15) is 32.8 Å². The molecule has 1 aromatic carbocycles. The molecule has 1 fully saturated rings. The first kappa shape index (κ1) is 19.1. The number of nitrogens with one attached hydrogen (secondary N) is 1. The summed E-state index contributed by atoms with van der Waals surface area (Å²) in [6.07, 6.45) is -1.45. The van der Waals surface area contributed by atoms with E-state index in [9.17, 15) is 14.7 Å². The molecule has 138 valence electrons. The number of aliphatic hydroxyl groups is 1. The van der Waals surface area contributed by atoms with Gasteiger partial charge in [0.25, 0.3) is 0 Å². The molecule has 2 N–H and O–H groups in total. The summed E-state index contributed by atoms with van der Waals surface area (Å²) in [7, 11) is 0. The van der Waals surface area contributed by atoms with Crippen LogP contribution in [0.15, 0.2) is 30.3 Å². The van der Waals surface area contributed by atoms with Crippen LogP contribution in [0.2, 0.25) is 0 Å². The Labute approximate surface area is 147 Å². The van der Waals surface area contributed by atoms with E-state index in [0.29, 0.717) is 13.0 Å². The van der Waals surface area contributed by atoms with Crippen molar-refractivity contribution >= 4 is 12.2 Å². The minimum absolute atomic E-state index is 0.175. The van der Waals surface area contributed by atoms with Gasteiger partial charge in [-0.15, -0.1) is 0 Å². The Hall–Kier alpha value is -2.28. The number of likely N-dealkylation sites (tertiary alicyclic amines) is 1. The number of rotatable bonds is 3. The molecule has 1 aromatic rings. The number of aliphatic hydroxyl groups excluding tert-OH is 1. The van der Waals surface area contributed by atoms with Gasteiger partial charge in [-0.1, -0.05) is 30.3 Å². The monoisotopic (exact) mass is 350 g/mol. The highest BCUT2D eigenvalue weighted by molar-refractivity contribution is 5.70. The lowest BCUT2D eigenvalue weighted by molar-refractivity contribution is 0.0178. The minimum atomic E-state index is -0.731. The highest BCUT2D eigenvalue weighted by Crippen LogP contribution is 2.14. The Kier molecular flexibility index (Phi) is 6.25. The van der Waals surface area contributed by atoms with Crippen molar-refractivity contribution in [3.63, 3.8) is 0 Å². The number of nitrogens with zero attached hydrogens (tertiary/aromatic N) is 1. The summed E-state index contributed by atoms with van der Waals surface area (Å²) in [5.41, 5.74) is 0.272. The lowest BCUT2D eigenvalue weighted by atomic mass is 10.0. The van der Waals surface area contributed by atoms with Gasteiger partial charge in [-0.3, -0.25) is 0 Å². The van der Waals surface area contributed by atoms with Crippen LogP contribution in [0.3, 0.4) is 0 Å². The number of ether oxygens (including phenoxy) is 2. The van der Waals surface area contributed by atoms with Crippen LogP contribution >= 0.6 is 0 Å². The average Bonchev–Trinajstić information content (AvgIpc) is 2.54. The van der Waals surface area contributed by atoms with Crippen LogP contribution in [0, 0.1) is 0 Å². The number of amides is 2. The molecule has 2 amide bonds. The van der Waals surface area contributed by atoms with Crippen molar-refractivity contribution < 1.29 is 24.2 Å². The molecule has 7 nitrogen and oxygen atoms in total. The zero-order valence-corrected chi connectivity index (χ0v) is 14.9. The first-order valence-corrected chi connectivity index (χ1v) is 8.38. The second-order valence-electron chi connectivity index (χ2n) is 7.09. The lowest BCUT2D eigenvalue weighted by Crippen LogP contribution is -2.57. The summed E-state index contributed by atoms with van der Waals surface area (Å²) in [6, 6.07) is 8.81. The SMILES string of the molecule is CC(C)(C)OC(=O)N[C@H]1CN(C(=O)OCc2ccccc2)CC[C@H]1O. The fourth-order valence-corrected chi connectivity index (χ4v) is 2.52. The quantitative estimate of drug-likeness (QED) is 0.873. The number of hydrogen-bond donors (Lipinski definition) is 2. The smallest absolute Gasteiger partial charge is 0.410 e. The molecular formula is C18H26N2O5. The molecular weight excluding hydrogens is 324 g/mol. The summed E-state index contributed by atoms with van der Waals surface area (Å²) in [6.45, 7) is 6.02. The van der Waals surface area contributed by atoms with Gasteiger partial charge in [0.15, 0.2) is 0 Å². The first-order valence-electron chi connectivity index (χ1n) is 8.38. The molecule has 0 aliphatic carbocycles. The van der Waals surface area contributed by atoms with E-state index in [1.165, 1.54) is 4.90 Å². The van der Waals surface area contributed by atoms with Crippen molar-refractivity contribution in [2.24, 2.45) is 0 Å². The predicted octanol–water partition coefficient (Wildman–Crippen LogP) is 2.28. The number of hydrogen-bond acceptors (Lipinski definition) is 5. The molecule has 2 atom stereocenters. The van der Waals surface area contributed by atoms with Gasteiger partial charge in [0.1, 0.15) is 12.2 Å². The van der Waals surface area contributed by atoms with Crippen LogP contribution in [0.5, 0.6) is 0 Å². The highest BCUT2D eigenvalue weighted by atomic mass is 16.6. The van der Waals surface area contributed by atoms with Gasteiger partial charge in [0, 0.05) is 13.1 Å². The maximum atomic E-state index is 12.2. The number of carbonyl (C=O) groups excluding carboxylic acids is 2. The molecule has 25 heavy (non-hydrogen) atoms. The van der Waals surface area contributed by atoms with Gasteiger partial charge in [-0.05, 0) is 32.8 Å². The van der Waals surface area contributed by atoms with Gasteiger partial charge < -0.3 is 24.8 Å². The number of carbonyl (C=O) groups is 2. The maximum Gasteiger partial charge on any atom is 0.410 e. The van der Waals surface area contributed by atoms with Crippen molar-refractivity contribution in [2.45, 2.75) is 51.5 Å². The van der Waals surface area contributed by atoms with Crippen molar-refractivity contribution in [3.05, 3.63) is 35.9 Å². The molecule has 1 aliphatic rings.